The summed E-state index contributed by atoms with van der Waals surface area (Å²) in [6.07, 6.45) is 14.5. The summed E-state index contributed by atoms with van der Waals surface area (Å²) in [4.78, 5) is 12.3. The largest absolute Gasteiger partial charge is 0.393 e. The van der Waals surface area contributed by atoms with Crippen LogP contribution in [0.25, 0.3) is 0 Å². The van der Waals surface area contributed by atoms with Gasteiger partial charge >= 0.3 is 0 Å². The second kappa shape index (κ2) is 7.56. The van der Waals surface area contributed by atoms with E-state index in [2.05, 4.69) is 27.7 Å². The maximum atomic E-state index is 12.3. The number of aliphatic hydroxyl groups excluding tert-OH is 1. The molecule has 0 bridgehead atoms. The zero-order valence-corrected chi connectivity index (χ0v) is 18.7. The highest BCUT2D eigenvalue weighted by molar-refractivity contribution is 5.78. The summed E-state index contributed by atoms with van der Waals surface area (Å²) >= 11 is 0. The summed E-state index contributed by atoms with van der Waals surface area (Å²) in [7, 11) is 0. The average Bonchev–Trinajstić information content (AvgIpc) is 3.10. The van der Waals surface area contributed by atoms with Crippen LogP contribution >= 0.6 is 0 Å². The molecule has 4 aliphatic carbocycles. The Bertz CT molecular complexity index is 634. The van der Waals surface area contributed by atoms with Gasteiger partial charge in [-0.25, -0.2) is 0 Å². The number of fused-ring (bicyclic) bond motifs is 5. The zero-order chi connectivity index (χ0) is 20.1. The van der Waals surface area contributed by atoms with Crippen molar-refractivity contribution in [2.24, 2.45) is 40.4 Å². The first-order chi connectivity index (χ1) is 13.3. The molecular weight excluding hydrogens is 344 g/mol. The molecule has 158 valence electrons. The number of unbranched alkanes of at least 4 members (excludes halogenated alkanes) is 1. The highest BCUT2D eigenvalue weighted by Gasteiger charge is 2.61. The summed E-state index contributed by atoms with van der Waals surface area (Å²) in [5.74, 6) is 3.48. The molecule has 0 radical (unpaired) electrons. The minimum atomic E-state index is -0.234. The molecule has 0 aromatic rings. The summed E-state index contributed by atoms with van der Waals surface area (Å²) in [6, 6.07) is 0. The van der Waals surface area contributed by atoms with Gasteiger partial charge in [0, 0.05) is 0 Å². The number of hydrogen-bond donors (Lipinski definition) is 1. The van der Waals surface area contributed by atoms with Gasteiger partial charge in [-0.05, 0) is 97.4 Å². The number of hydrogen-bond acceptors (Lipinski definition) is 2. The number of rotatable bonds is 6. The standard InChI is InChI=1S/C26H42O2/c1-17(2)7-5-6-8-18-9-10-21-24-20(16-27)23-15-19(28)11-13-26(23,4)22(24)12-14-25(18,21)3/h16-19,21-22,24,28H,5-15H2,1-4H3/t18-,19-,21?,22?,24?,25+,26+/m0/s1. The van der Waals surface area contributed by atoms with Crippen molar-refractivity contribution < 1.29 is 9.90 Å². The Morgan fingerprint density at radius 2 is 1.86 bits per heavy atom. The van der Waals surface area contributed by atoms with Gasteiger partial charge in [-0.15, -0.1) is 0 Å². The topological polar surface area (TPSA) is 37.3 Å². The van der Waals surface area contributed by atoms with E-state index in [0.717, 1.165) is 36.7 Å². The summed E-state index contributed by atoms with van der Waals surface area (Å²) in [6.45, 7) is 9.66. The molecule has 0 aliphatic heterocycles. The molecular formula is C26H42O2. The molecule has 2 heteroatoms. The van der Waals surface area contributed by atoms with Gasteiger partial charge < -0.3 is 5.11 Å². The molecule has 0 amide bonds. The van der Waals surface area contributed by atoms with Crippen LogP contribution in [0.3, 0.4) is 0 Å². The van der Waals surface area contributed by atoms with Gasteiger partial charge in [-0.1, -0.05) is 52.5 Å². The first-order valence-electron chi connectivity index (χ1n) is 12.2. The average molecular weight is 387 g/mol. The third kappa shape index (κ3) is 3.13. The fourth-order valence-electron chi connectivity index (χ4n) is 8.21. The molecule has 0 aromatic heterocycles. The smallest absolute Gasteiger partial charge is 0.146 e. The van der Waals surface area contributed by atoms with Crippen molar-refractivity contribution >= 4 is 6.29 Å². The van der Waals surface area contributed by atoms with Gasteiger partial charge in [0.1, 0.15) is 6.29 Å². The lowest BCUT2D eigenvalue weighted by Crippen LogP contribution is -2.44. The maximum absolute atomic E-state index is 12.3. The molecule has 0 heterocycles. The third-order valence-electron chi connectivity index (χ3n) is 9.83. The third-order valence-corrected chi connectivity index (χ3v) is 9.83. The van der Waals surface area contributed by atoms with E-state index < -0.39 is 0 Å². The highest BCUT2D eigenvalue weighted by Crippen LogP contribution is 2.69. The van der Waals surface area contributed by atoms with Crippen molar-refractivity contribution in [3.05, 3.63) is 11.1 Å². The summed E-state index contributed by atoms with van der Waals surface area (Å²) < 4.78 is 0. The van der Waals surface area contributed by atoms with E-state index in [1.54, 1.807) is 0 Å². The van der Waals surface area contributed by atoms with Crippen LogP contribution < -0.4 is 0 Å². The molecule has 2 nitrogen and oxygen atoms in total. The van der Waals surface area contributed by atoms with Crippen molar-refractivity contribution in [3.8, 4) is 0 Å². The van der Waals surface area contributed by atoms with Crippen molar-refractivity contribution in [2.75, 3.05) is 0 Å². The maximum Gasteiger partial charge on any atom is 0.146 e. The van der Waals surface area contributed by atoms with E-state index in [4.69, 9.17) is 0 Å². The predicted molar refractivity (Wildman–Crippen MR) is 115 cm³/mol. The molecule has 3 fully saturated rings. The fourth-order valence-corrected chi connectivity index (χ4v) is 8.21. The lowest BCUT2D eigenvalue weighted by atomic mass is 9.53. The van der Waals surface area contributed by atoms with Crippen LogP contribution in [0.5, 0.6) is 0 Å². The molecule has 0 saturated heterocycles. The number of allylic oxidation sites excluding steroid dienone is 1. The molecule has 4 rings (SSSR count). The molecule has 7 atom stereocenters. The Hall–Kier alpha value is -0.630. The van der Waals surface area contributed by atoms with Gasteiger partial charge in [0.2, 0.25) is 0 Å². The Morgan fingerprint density at radius 1 is 1.07 bits per heavy atom. The molecule has 4 aliphatic rings. The van der Waals surface area contributed by atoms with Gasteiger partial charge in [-0.2, -0.15) is 0 Å². The zero-order valence-electron chi connectivity index (χ0n) is 18.7. The van der Waals surface area contributed by atoms with Crippen LogP contribution in [0, 0.1) is 40.4 Å². The van der Waals surface area contributed by atoms with E-state index in [0.29, 0.717) is 23.2 Å². The van der Waals surface area contributed by atoms with Gasteiger partial charge in [0.25, 0.3) is 0 Å². The van der Waals surface area contributed by atoms with Crippen molar-refractivity contribution in [3.63, 3.8) is 0 Å². The Kier molecular flexibility index (Phi) is 5.57. The molecule has 3 unspecified atom stereocenters. The van der Waals surface area contributed by atoms with Crippen LogP contribution in [0.15, 0.2) is 11.1 Å². The quantitative estimate of drug-likeness (QED) is 0.428. The monoisotopic (exact) mass is 386 g/mol. The van der Waals surface area contributed by atoms with Crippen molar-refractivity contribution in [1.82, 2.24) is 0 Å². The van der Waals surface area contributed by atoms with Crippen LogP contribution in [-0.4, -0.2) is 17.5 Å². The Labute approximate surface area is 172 Å². The SMILES string of the molecule is CC(C)CCCC[C@H]1CCC2C3C(C=O)=C4C[C@@H](O)CC[C@]4(C)C3CC[C@@]21C. The number of aldehydes is 1. The lowest BCUT2D eigenvalue weighted by molar-refractivity contribution is -0.106. The van der Waals surface area contributed by atoms with E-state index in [9.17, 15) is 9.90 Å². The molecule has 1 N–H and O–H groups in total. The molecule has 28 heavy (non-hydrogen) atoms. The van der Waals surface area contributed by atoms with Gasteiger partial charge in [0.15, 0.2) is 0 Å². The van der Waals surface area contributed by atoms with Crippen LogP contribution in [-0.2, 0) is 4.79 Å². The first-order valence-corrected chi connectivity index (χ1v) is 12.2. The van der Waals surface area contributed by atoms with E-state index >= 15 is 0 Å². The van der Waals surface area contributed by atoms with E-state index in [-0.39, 0.29) is 11.5 Å². The predicted octanol–water partition coefficient (Wildman–Crippen LogP) is 6.32. The van der Waals surface area contributed by atoms with Crippen molar-refractivity contribution in [2.45, 2.75) is 104 Å². The van der Waals surface area contributed by atoms with Gasteiger partial charge in [0.05, 0.1) is 6.10 Å². The van der Waals surface area contributed by atoms with Crippen LogP contribution in [0.4, 0.5) is 0 Å². The fraction of sp³-hybridized carbons (Fsp3) is 0.885. The first kappa shape index (κ1) is 20.6. The molecule has 3 saturated carbocycles. The number of carbonyl (C=O) groups excluding carboxylic acids is 1. The van der Waals surface area contributed by atoms with Gasteiger partial charge in [-0.3, -0.25) is 4.79 Å². The minimum Gasteiger partial charge on any atom is -0.393 e. The minimum absolute atomic E-state index is 0.177. The molecule has 0 spiro atoms. The normalized spacial score (nSPS) is 45.1. The summed E-state index contributed by atoms with van der Waals surface area (Å²) in [5, 5.41) is 10.3. The van der Waals surface area contributed by atoms with Crippen molar-refractivity contribution in [1.29, 1.82) is 0 Å². The number of aliphatic hydroxyl groups is 1. The summed E-state index contributed by atoms with van der Waals surface area (Å²) in [5.41, 5.74) is 3.08. The van der Waals surface area contributed by atoms with E-state index in [1.165, 1.54) is 63.2 Å². The Morgan fingerprint density at radius 3 is 2.57 bits per heavy atom. The van der Waals surface area contributed by atoms with E-state index in [1.807, 2.05) is 0 Å². The second-order valence-electron chi connectivity index (χ2n) is 11.6. The number of carbonyl (C=O) groups is 1. The lowest BCUT2D eigenvalue weighted by Gasteiger charge is -2.51. The molecule has 0 aromatic carbocycles. The second-order valence-corrected chi connectivity index (χ2v) is 11.6. The Balaban J connectivity index is 1.55. The van der Waals surface area contributed by atoms with Crippen LogP contribution in [0.2, 0.25) is 0 Å². The van der Waals surface area contributed by atoms with Crippen LogP contribution in [0.1, 0.15) is 98.3 Å². The highest BCUT2D eigenvalue weighted by atomic mass is 16.3.